The number of rotatable bonds is 7. The van der Waals surface area contributed by atoms with E-state index in [4.69, 9.17) is 25.8 Å². The zero-order chi connectivity index (χ0) is 25.7. The molecule has 0 amide bonds. The van der Waals surface area contributed by atoms with Gasteiger partial charge in [0.1, 0.15) is 17.2 Å². The van der Waals surface area contributed by atoms with E-state index < -0.39 is 23.9 Å². The van der Waals surface area contributed by atoms with Crippen LogP contribution in [0.4, 0.5) is 13.2 Å². The molecule has 0 N–H and O–H groups in total. The number of para-hydroxylation sites is 1. The van der Waals surface area contributed by atoms with Crippen LogP contribution in [-0.2, 0) is 6.54 Å². The number of nitriles is 1. The highest BCUT2D eigenvalue weighted by Gasteiger charge is 2.44. The third-order valence-corrected chi connectivity index (χ3v) is 5.32. The summed E-state index contributed by atoms with van der Waals surface area (Å²) in [5, 5.41) is 9.37. The summed E-state index contributed by atoms with van der Waals surface area (Å²) >= 11 is 6.05. The fourth-order valence-electron chi connectivity index (χ4n) is 3.46. The molecule has 1 aliphatic rings. The minimum Gasteiger partial charge on any atom is -0.497 e. The van der Waals surface area contributed by atoms with Crippen LogP contribution in [0.25, 0.3) is 0 Å². The number of hydrogen-bond donors (Lipinski definition) is 0. The first-order chi connectivity index (χ1) is 17.3. The summed E-state index contributed by atoms with van der Waals surface area (Å²) in [6.45, 7) is 0.155. The van der Waals surface area contributed by atoms with E-state index >= 15 is 0 Å². The quantitative estimate of drug-likeness (QED) is 0.370. The summed E-state index contributed by atoms with van der Waals surface area (Å²) in [7, 11) is 1.54. The van der Waals surface area contributed by atoms with Crippen LogP contribution < -0.4 is 14.2 Å². The van der Waals surface area contributed by atoms with E-state index in [2.05, 4.69) is 4.99 Å². The molecule has 0 aromatic heterocycles. The minimum absolute atomic E-state index is 0.0565. The molecule has 1 atom stereocenters. The van der Waals surface area contributed by atoms with Crippen LogP contribution in [0.3, 0.4) is 0 Å². The van der Waals surface area contributed by atoms with E-state index in [1.54, 1.807) is 54.6 Å². The maximum Gasteiger partial charge on any atom is 0.437 e. The van der Waals surface area contributed by atoms with Gasteiger partial charge in [0, 0.05) is 11.6 Å². The van der Waals surface area contributed by atoms with Crippen LogP contribution in [0.1, 0.15) is 11.1 Å². The Morgan fingerprint density at radius 3 is 2.36 bits per heavy atom. The smallest absolute Gasteiger partial charge is 0.437 e. The van der Waals surface area contributed by atoms with Crippen molar-refractivity contribution in [3.05, 3.63) is 100 Å². The second-order valence-electron chi connectivity index (χ2n) is 7.65. The Kier molecular flexibility index (Phi) is 7.36. The maximum absolute atomic E-state index is 14.1. The number of halogens is 4. The topological polar surface area (TPSA) is 67.1 Å². The first-order valence-electron chi connectivity index (χ1n) is 10.6. The van der Waals surface area contributed by atoms with E-state index in [9.17, 15) is 18.4 Å². The van der Waals surface area contributed by atoms with Gasteiger partial charge in [-0.25, -0.2) is 4.99 Å². The largest absolute Gasteiger partial charge is 0.497 e. The van der Waals surface area contributed by atoms with Crippen LogP contribution in [0.2, 0.25) is 5.02 Å². The summed E-state index contributed by atoms with van der Waals surface area (Å²) in [4.78, 5) is 5.16. The van der Waals surface area contributed by atoms with E-state index in [-0.39, 0.29) is 22.9 Å². The average molecular weight is 514 g/mol. The third kappa shape index (κ3) is 5.90. The molecule has 3 aromatic carbocycles. The molecule has 10 heteroatoms. The molecule has 184 valence electrons. The molecular formula is C26H19ClF3N3O3. The first-order valence-corrected chi connectivity index (χ1v) is 11.0. The summed E-state index contributed by atoms with van der Waals surface area (Å²) < 4.78 is 59.1. The number of benzene rings is 3. The number of hydrogen-bond acceptors (Lipinski definition) is 6. The molecule has 0 radical (unpaired) electrons. The number of aliphatic imine (C=N–C) groups is 1. The highest BCUT2D eigenvalue weighted by molar-refractivity contribution is 6.30. The van der Waals surface area contributed by atoms with Crippen LogP contribution in [-0.4, -0.2) is 30.8 Å². The molecule has 0 bridgehead atoms. The van der Waals surface area contributed by atoms with Crippen molar-refractivity contribution in [3.63, 3.8) is 0 Å². The molecule has 0 aliphatic carbocycles. The molecule has 36 heavy (non-hydrogen) atoms. The van der Waals surface area contributed by atoms with Crippen molar-refractivity contribution in [2.24, 2.45) is 4.99 Å². The van der Waals surface area contributed by atoms with Crippen molar-refractivity contribution in [3.8, 4) is 23.3 Å². The molecular weight excluding hydrogens is 495 g/mol. The van der Waals surface area contributed by atoms with Crippen molar-refractivity contribution in [1.82, 2.24) is 4.90 Å². The molecule has 0 fully saturated rings. The molecule has 0 saturated carbocycles. The Hall–Kier alpha value is -4.16. The zero-order valence-corrected chi connectivity index (χ0v) is 19.6. The van der Waals surface area contributed by atoms with E-state index in [0.717, 1.165) is 11.9 Å². The van der Waals surface area contributed by atoms with Gasteiger partial charge in [-0.05, 0) is 48.0 Å². The third-order valence-electron chi connectivity index (χ3n) is 5.11. The lowest BCUT2D eigenvalue weighted by atomic mass is 10.1. The van der Waals surface area contributed by atoms with E-state index in [0.29, 0.717) is 11.5 Å². The second kappa shape index (κ2) is 10.6. The van der Waals surface area contributed by atoms with Gasteiger partial charge in [0.25, 0.3) is 0 Å². The van der Waals surface area contributed by atoms with Gasteiger partial charge in [0.2, 0.25) is 6.23 Å². The lowest BCUT2D eigenvalue weighted by molar-refractivity contribution is -0.0989. The van der Waals surface area contributed by atoms with Gasteiger partial charge in [-0.15, -0.1) is 0 Å². The molecule has 1 aliphatic heterocycles. The average Bonchev–Trinajstić information content (AvgIpc) is 2.86. The summed E-state index contributed by atoms with van der Waals surface area (Å²) in [5.41, 5.74) is -0.359. The first kappa shape index (κ1) is 24.9. The van der Waals surface area contributed by atoms with Gasteiger partial charge in [-0.1, -0.05) is 41.9 Å². The van der Waals surface area contributed by atoms with Gasteiger partial charge in [0.05, 0.1) is 25.1 Å². The van der Waals surface area contributed by atoms with Gasteiger partial charge >= 0.3 is 6.18 Å². The fraction of sp³-hybridized carbons (Fsp3) is 0.154. The zero-order valence-electron chi connectivity index (χ0n) is 18.9. The van der Waals surface area contributed by atoms with Gasteiger partial charge in [-0.2, -0.15) is 18.4 Å². The summed E-state index contributed by atoms with van der Waals surface area (Å²) in [5.74, 6) is 0.317. The number of methoxy groups -OCH3 is 1. The monoisotopic (exact) mass is 513 g/mol. The molecule has 3 aromatic rings. The molecule has 1 unspecified atom stereocenters. The van der Waals surface area contributed by atoms with Crippen LogP contribution in [0.15, 0.2) is 89.2 Å². The highest BCUT2D eigenvalue weighted by atomic mass is 35.5. The van der Waals surface area contributed by atoms with Gasteiger partial charge in [-0.3, -0.25) is 0 Å². The normalized spacial score (nSPS) is 15.4. The Labute approximate surface area is 210 Å². The second-order valence-corrected chi connectivity index (χ2v) is 8.08. The van der Waals surface area contributed by atoms with Crippen molar-refractivity contribution in [1.29, 1.82) is 5.26 Å². The number of allylic oxidation sites excluding steroid dienone is 1. The standard InChI is InChI=1S/C26H19ClF3N3O3/c1-34-20-9-7-17(8-10-20)15-33-16-32-24(26(28,29)30)23(25(33)36-21-5-3-2-4-6-21)35-22-12-18(14-31)11-19(27)13-22/h2-13,16,25H,15H2,1H3. The van der Waals surface area contributed by atoms with Gasteiger partial charge in [0.15, 0.2) is 11.5 Å². The molecule has 0 spiro atoms. The van der Waals surface area contributed by atoms with E-state index in [1.807, 2.05) is 6.07 Å². The maximum atomic E-state index is 14.1. The van der Waals surface area contributed by atoms with Crippen LogP contribution >= 0.6 is 11.6 Å². The SMILES string of the molecule is COc1ccc(CN2C=NC(C(F)(F)F)=C(Oc3cc(Cl)cc(C#N)c3)C2Oc2ccccc2)cc1. The van der Waals surface area contributed by atoms with Crippen molar-refractivity contribution >= 4 is 17.9 Å². The predicted octanol–water partition coefficient (Wildman–Crippen LogP) is 6.32. The molecule has 0 saturated heterocycles. The summed E-state index contributed by atoms with van der Waals surface area (Å²) in [6, 6.07) is 21.3. The van der Waals surface area contributed by atoms with E-state index in [1.165, 1.54) is 30.2 Å². The molecule has 1 heterocycles. The molecule has 6 nitrogen and oxygen atoms in total. The van der Waals surface area contributed by atoms with Crippen molar-refractivity contribution < 1.29 is 27.4 Å². The minimum atomic E-state index is -4.84. The van der Waals surface area contributed by atoms with Crippen LogP contribution in [0.5, 0.6) is 17.2 Å². The lowest BCUT2D eigenvalue weighted by Crippen LogP contribution is -2.45. The van der Waals surface area contributed by atoms with Gasteiger partial charge < -0.3 is 19.1 Å². The number of alkyl halides is 3. The molecule has 4 rings (SSSR count). The number of ether oxygens (including phenoxy) is 3. The van der Waals surface area contributed by atoms with Crippen molar-refractivity contribution in [2.75, 3.05) is 7.11 Å². The van der Waals surface area contributed by atoms with Crippen LogP contribution in [0, 0.1) is 11.3 Å². The fourth-order valence-corrected chi connectivity index (χ4v) is 3.69. The Morgan fingerprint density at radius 2 is 1.72 bits per heavy atom. The lowest BCUT2D eigenvalue weighted by Gasteiger charge is -2.35. The Bertz CT molecular complexity index is 1320. The number of nitrogens with zero attached hydrogens (tertiary/aromatic N) is 3. The highest BCUT2D eigenvalue weighted by Crippen LogP contribution is 2.37. The predicted molar refractivity (Wildman–Crippen MR) is 128 cm³/mol. The summed E-state index contributed by atoms with van der Waals surface area (Å²) in [6.07, 6.45) is -5.10. The van der Waals surface area contributed by atoms with Crippen molar-refractivity contribution in [2.45, 2.75) is 18.9 Å². The Balaban J connectivity index is 1.77. The Morgan fingerprint density at radius 1 is 1.00 bits per heavy atom.